The lowest BCUT2D eigenvalue weighted by Gasteiger charge is -2.28. The number of fused-ring (bicyclic) bond motifs is 2. The number of unbranched alkanes of at least 4 members (excludes halogenated alkanes) is 4. The molecule has 2 saturated carbocycles. The molecule has 1 unspecified atom stereocenters. The highest BCUT2D eigenvalue weighted by atomic mass is 16.5. The van der Waals surface area contributed by atoms with Crippen LogP contribution in [0, 0.1) is 5.92 Å². The fraction of sp³-hybridized carbons (Fsp3) is 0.509. The lowest BCUT2D eigenvalue weighted by atomic mass is 9.85. The number of aromatic nitrogens is 3. The van der Waals surface area contributed by atoms with Gasteiger partial charge in [-0.1, -0.05) is 6.07 Å². The van der Waals surface area contributed by atoms with E-state index in [1.54, 1.807) is 18.6 Å². The van der Waals surface area contributed by atoms with Gasteiger partial charge in [0.25, 0.3) is 23.6 Å². The molecule has 8 rings (SSSR count). The zero-order valence-corrected chi connectivity index (χ0v) is 41.6. The number of nitrogens with zero attached hydrogens (tertiary/aromatic N) is 4. The van der Waals surface area contributed by atoms with Gasteiger partial charge < -0.3 is 45.5 Å². The van der Waals surface area contributed by atoms with Gasteiger partial charge >= 0.3 is 0 Å². The number of nitrogens with one attached hydrogen (secondary N) is 6. The second-order valence-electron chi connectivity index (χ2n) is 19.0. The minimum atomic E-state index is -1.09. The average Bonchev–Trinajstić information content (AvgIpc) is 4.19. The van der Waals surface area contributed by atoms with Crippen molar-refractivity contribution >= 4 is 69.6 Å². The Morgan fingerprint density at radius 3 is 2.16 bits per heavy atom. The van der Waals surface area contributed by atoms with Crippen LogP contribution in [-0.2, 0) is 33.4 Å². The minimum absolute atomic E-state index is 0.00775. The third-order valence-electron chi connectivity index (χ3n) is 13.3. The van der Waals surface area contributed by atoms with Crippen molar-refractivity contribution in [2.75, 3.05) is 70.0 Å². The maximum absolute atomic E-state index is 13.5. The smallest absolute Gasteiger partial charge is 0.266 e. The Morgan fingerprint density at radius 2 is 1.43 bits per heavy atom. The van der Waals surface area contributed by atoms with Crippen molar-refractivity contribution in [1.82, 2.24) is 41.1 Å². The average molecular weight is 1020 g/mol. The van der Waals surface area contributed by atoms with Crippen molar-refractivity contribution in [1.29, 1.82) is 0 Å². The van der Waals surface area contributed by atoms with Crippen molar-refractivity contribution in [2.24, 2.45) is 5.92 Å². The second-order valence-corrected chi connectivity index (χ2v) is 19.0. The number of rotatable bonds is 29. The van der Waals surface area contributed by atoms with E-state index in [0.717, 1.165) is 98.5 Å². The predicted octanol–water partition coefficient (Wildman–Crippen LogP) is 4.73. The Hall–Kier alpha value is -7.10. The molecule has 4 aliphatic rings. The maximum Gasteiger partial charge on any atom is 0.266 e. The predicted molar refractivity (Wildman–Crippen MR) is 272 cm³/mol. The molecule has 5 heterocycles. The highest BCUT2D eigenvalue weighted by molar-refractivity contribution is 6.24. The summed E-state index contributed by atoms with van der Waals surface area (Å²) < 4.78 is 22.6. The van der Waals surface area contributed by atoms with E-state index >= 15 is 0 Å². The van der Waals surface area contributed by atoms with E-state index < -0.39 is 29.7 Å². The molecule has 3 fully saturated rings. The van der Waals surface area contributed by atoms with Crippen LogP contribution >= 0.6 is 0 Å². The number of amides is 7. The third kappa shape index (κ3) is 15.0. The van der Waals surface area contributed by atoms with E-state index in [0.29, 0.717) is 76.0 Å². The molecule has 4 aromatic rings. The van der Waals surface area contributed by atoms with Gasteiger partial charge in [0.2, 0.25) is 17.7 Å². The van der Waals surface area contributed by atoms with Crippen molar-refractivity contribution in [3.63, 3.8) is 0 Å². The number of hydrogen-bond donors (Lipinski definition) is 6. The molecule has 21 heteroatoms. The number of carbonyl (C=O) groups excluding carboxylic acids is 7. The molecule has 3 aromatic heterocycles. The minimum Gasteiger partial charge on any atom is -0.483 e. The zero-order chi connectivity index (χ0) is 51.7. The first-order valence-electron chi connectivity index (χ1n) is 25.9. The highest BCUT2D eigenvalue weighted by Gasteiger charge is 2.46. The molecule has 1 atom stereocenters. The third-order valence-corrected chi connectivity index (χ3v) is 13.3. The van der Waals surface area contributed by atoms with Gasteiger partial charge in [-0.05, 0) is 114 Å². The van der Waals surface area contributed by atoms with Crippen molar-refractivity contribution in [3.05, 3.63) is 77.7 Å². The summed E-state index contributed by atoms with van der Waals surface area (Å²) >= 11 is 0. The number of piperidine rings is 1. The summed E-state index contributed by atoms with van der Waals surface area (Å²) in [6, 6.07) is 11.3. The van der Waals surface area contributed by atoms with Gasteiger partial charge in [-0.2, -0.15) is 0 Å². The highest BCUT2D eigenvalue weighted by Crippen LogP contribution is 2.34. The van der Waals surface area contributed by atoms with Crippen molar-refractivity contribution in [3.8, 4) is 5.75 Å². The van der Waals surface area contributed by atoms with E-state index in [1.807, 2.05) is 24.3 Å². The van der Waals surface area contributed by atoms with Gasteiger partial charge in [-0.3, -0.25) is 48.8 Å². The fourth-order valence-corrected chi connectivity index (χ4v) is 9.14. The molecule has 6 N–H and O–H groups in total. The van der Waals surface area contributed by atoms with Crippen LogP contribution in [-0.4, -0.2) is 139 Å². The Morgan fingerprint density at radius 1 is 0.716 bits per heavy atom. The SMILES string of the molecule is O=C(COc1cccc2c1C(=O)N(C1CCC(=O)NC1=O)C2=O)NCCCCCOCCOCCOCCCCCNC(=O)C1CCC(NC(=O)c2cnc(Nc3ccc4cnccc4n3)cc2NC2CC2)CC1. The van der Waals surface area contributed by atoms with Crippen LogP contribution in [0.3, 0.4) is 0 Å². The normalized spacial score (nSPS) is 18.4. The quantitative estimate of drug-likeness (QED) is 0.0317. The summed E-state index contributed by atoms with van der Waals surface area (Å²) in [4.78, 5) is 103. The molecular weight excluding hydrogens is 953 g/mol. The van der Waals surface area contributed by atoms with Gasteiger partial charge in [0.1, 0.15) is 23.4 Å². The van der Waals surface area contributed by atoms with Crippen LogP contribution in [0.4, 0.5) is 17.3 Å². The Kier molecular flexibility index (Phi) is 19.2. The van der Waals surface area contributed by atoms with E-state index in [2.05, 4.69) is 46.9 Å². The van der Waals surface area contributed by atoms with Crippen LogP contribution in [0.1, 0.15) is 121 Å². The number of carbonyl (C=O) groups is 7. The first-order chi connectivity index (χ1) is 36.1. The van der Waals surface area contributed by atoms with Crippen LogP contribution in [0.15, 0.2) is 61.1 Å². The molecule has 0 bridgehead atoms. The van der Waals surface area contributed by atoms with Crippen molar-refractivity contribution in [2.45, 2.75) is 108 Å². The number of ether oxygens (including phenoxy) is 4. The monoisotopic (exact) mass is 1020 g/mol. The van der Waals surface area contributed by atoms with Crippen LogP contribution in [0.2, 0.25) is 0 Å². The molecule has 0 radical (unpaired) electrons. The first-order valence-corrected chi connectivity index (χ1v) is 25.9. The number of pyridine rings is 3. The Labute approximate surface area is 429 Å². The molecule has 21 nitrogen and oxygen atoms in total. The number of anilines is 3. The van der Waals surface area contributed by atoms with Gasteiger partial charge in [-0.15, -0.1) is 0 Å². The molecule has 1 aromatic carbocycles. The fourth-order valence-electron chi connectivity index (χ4n) is 9.14. The maximum atomic E-state index is 13.5. The van der Waals surface area contributed by atoms with E-state index in [-0.39, 0.29) is 66.0 Å². The van der Waals surface area contributed by atoms with E-state index in [9.17, 15) is 33.6 Å². The van der Waals surface area contributed by atoms with E-state index in [4.69, 9.17) is 18.9 Å². The van der Waals surface area contributed by atoms with Crippen LogP contribution in [0.5, 0.6) is 5.75 Å². The molecule has 74 heavy (non-hydrogen) atoms. The summed E-state index contributed by atoms with van der Waals surface area (Å²) in [6.07, 6.45) is 15.3. The van der Waals surface area contributed by atoms with Gasteiger partial charge in [0, 0.05) is 80.8 Å². The Bertz CT molecular complexity index is 2640. The molecule has 1 saturated heterocycles. The molecule has 2 aliphatic heterocycles. The van der Waals surface area contributed by atoms with Gasteiger partial charge in [-0.25, -0.2) is 9.97 Å². The summed E-state index contributed by atoms with van der Waals surface area (Å²) in [5.74, 6) is -1.72. The summed E-state index contributed by atoms with van der Waals surface area (Å²) in [5, 5.41) is 19.0. The van der Waals surface area contributed by atoms with Crippen LogP contribution in [0.25, 0.3) is 10.9 Å². The number of benzene rings is 1. The zero-order valence-electron chi connectivity index (χ0n) is 41.6. The largest absolute Gasteiger partial charge is 0.483 e. The summed E-state index contributed by atoms with van der Waals surface area (Å²) in [5.41, 5.74) is 2.13. The lowest BCUT2D eigenvalue weighted by molar-refractivity contribution is -0.136. The number of hydrogen-bond acceptors (Lipinski definition) is 16. The standard InChI is InChI=1S/C53H66N10O11/c64-46-19-17-42(51(68)62-46)63-52(69)38-8-7-9-43(48(38)53(63)70)74-33-47(65)55-21-3-1-5-24-71-26-28-73-29-27-72-25-6-2-4-22-56-49(66)34-10-13-37(14-11-34)59-50(67)39-32-57-45(30-41(39)58-36-15-16-36)61-44-18-12-35-31-54-23-20-40(35)60-44/h7-9,12,18,20,23,30-32,34,36-37,42H,1-6,10-11,13-17,19,21-22,24-29,33H2,(H,55,65)(H,56,66)(H,59,67)(H,62,64,68)(H2,57,58,60,61). The van der Waals surface area contributed by atoms with Crippen LogP contribution < -0.4 is 36.6 Å². The van der Waals surface area contributed by atoms with Crippen molar-refractivity contribution < 1.29 is 52.5 Å². The lowest BCUT2D eigenvalue weighted by Crippen LogP contribution is -2.54. The second kappa shape index (κ2) is 26.7. The van der Waals surface area contributed by atoms with Gasteiger partial charge in [0.05, 0.1) is 54.3 Å². The molecular formula is C53H66N10O11. The summed E-state index contributed by atoms with van der Waals surface area (Å²) in [7, 11) is 0. The molecule has 2 aliphatic carbocycles. The first kappa shape index (κ1) is 53.2. The number of imide groups is 2. The molecule has 0 spiro atoms. The topological polar surface area (TPSA) is 270 Å². The van der Waals surface area contributed by atoms with Gasteiger partial charge in [0.15, 0.2) is 6.61 Å². The van der Waals surface area contributed by atoms with E-state index in [1.165, 1.54) is 18.2 Å². The molecule has 394 valence electrons. The Balaban J connectivity index is 0.586. The summed E-state index contributed by atoms with van der Waals surface area (Å²) in [6.45, 7) is 3.79. The molecule has 7 amide bonds.